The van der Waals surface area contributed by atoms with Crippen LogP contribution in [-0.2, 0) is 33.3 Å². The van der Waals surface area contributed by atoms with Crippen molar-refractivity contribution in [2.75, 3.05) is 47.5 Å². The number of carbonyl (C=O) groups excluding carboxylic acids is 3. The molecule has 91 heavy (non-hydrogen) atoms. The lowest BCUT2D eigenvalue weighted by Crippen LogP contribution is -2.44. The van der Waals surface area contributed by atoms with E-state index in [1.165, 1.54) is 103 Å². The Bertz CT molecular complexity index is 2100. The molecule has 0 radical (unpaired) electrons. The van der Waals surface area contributed by atoms with Crippen molar-refractivity contribution in [2.24, 2.45) is 0 Å². The van der Waals surface area contributed by atoms with E-state index in [4.69, 9.17) is 18.9 Å². The first-order valence-corrected chi connectivity index (χ1v) is 36.3. The zero-order valence-electron chi connectivity index (χ0n) is 58.6. The summed E-state index contributed by atoms with van der Waals surface area (Å²) in [4.78, 5) is 37.5. The van der Waals surface area contributed by atoms with Crippen molar-refractivity contribution in [3.8, 4) is 0 Å². The van der Waals surface area contributed by atoms with Gasteiger partial charge in [-0.25, -0.2) is 0 Å². The van der Waals surface area contributed by atoms with E-state index in [0.29, 0.717) is 17.4 Å². The number of aliphatic carboxylic acids is 1. The van der Waals surface area contributed by atoms with Crippen LogP contribution in [0.1, 0.15) is 271 Å². The Labute approximate surface area is 558 Å². The largest absolute Gasteiger partial charge is 0.545 e. The molecule has 0 amide bonds. The number of ether oxygens (including phenoxy) is 4. The quantitative estimate of drug-likeness (QED) is 0.0195. The fourth-order valence-electron chi connectivity index (χ4n) is 9.50. The first-order chi connectivity index (χ1) is 44.6. The number of hydrogen-bond acceptors (Lipinski definition) is 8. The Morgan fingerprint density at radius 1 is 0.330 bits per heavy atom. The van der Waals surface area contributed by atoms with Gasteiger partial charge in [-0.3, -0.25) is 9.59 Å². The minimum absolute atomic E-state index is 0.134. The van der Waals surface area contributed by atoms with Crippen LogP contribution < -0.4 is 5.11 Å². The Morgan fingerprint density at radius 3 is 0.879 bits per heavy atom. The molecule has 9 nitrogen and oxygen atoms in total. The molecule has 0 aliphatic carbocycles. The highest BCUT2D eigenvalue weighted by Crippen LogP contribution is 2.16. The molecule has 0 aromatic carbocycles. The molecule has 0 aliphatic rings. The number of esters is 2. The van der Waals surface area contributed by atoms with E-state index < -0.39 is 24.3 Å². The van der Waals surface area contributed by atoms with Gasteiger partial charge in [-0.2, -0.15) is 0 Å². The molecule has 0 spiro atoms. The van der Waals surface area contributed by atoms with Gasteiger partial charge in [-0.05, 0) is 128 Å². The second-order valence-corrected chi connectivity index (χ2v) is 24.8. The zero-order valence-corrected chi connectivity index (χ0v) is 58.6. The zero-order chi connectivity index (χ0) is 66.1. The summed E-state index contributed by atoms with van der Waals surface area (Å²) in [5.41, 5.74) is 0. The van der Waals surface area contributed by atoms with E-state index in [0.717, 1.165) is 135 Å². The maximum atomic E-state index is 12.9. The van der Waals surface area contributed by atoms with Gasteiger partial charge in [0.15, 0.2) is 12.4 Å². The number of carboxylic acid groups (broad SMARTS) is 1. The van der Waals surface area contributed by atoms with Gasteiger partial charge in [0.2, 0.25) is 0 Å². The summed E-state index contributed by atoms with van der Waals surface area (Å²) in [5, 5.41) is 11.8. The van der Waals surface area contributed by atoms with Crippen molar-refractivity contribution in [3.63, 3.8) is 0 Å². The van der Waals surface area contributed by atoms with Crippen LogP contribution in [0.5, 0.6) is 0 Å². The highest BCUT2D eigenvalue weighted by atomic mass is 16.7. The fraction of sp³-hybridized carbons (Fsp3) is 0.622. The number of allylic oxidation sites excluding steroid dienone is 28. The summed E-state index contributed by atoms with van der Waals surface area (Å²) in [5.74, 6) is -2.33. The Hall–Kier alpha value is -5.35. The fourth-order valence-corrected chi connectivity index (χ4v) is 9.50. The van der Waals surface area contributed by atoms with E-state index >= 15 is 0 Å². The average molecular weight is 1260 g/mol. The number of quaternary nitrogens is 1. The predicted molar refractivity (Wildman–Crippen MR) is 388 cm³/mol. The molecular formula is C82H133NO8. The molecule has 0 heterocycles. The van der Waals surface area contributed by atoms with Gasteiger partial charge >= 0.3 is 11.9 Å². The number of hydrogen-bond donors (Lipinski definition) is 0. The summed E-state index contributed by atoms with van der Waals surface area (Å²) in [6.45, 7) is 4.49. The van der Waals surface area contributed by atoms with Crippen molar-refractivity contribution in [2.45, 2.75) is 283 Å². The molecule has 2 atom stereocenters. The van der Waals surface area contributed by atoms with Crippen LogP contribution in [0.25, 0.3) is 0 Å². The van der Waals surface area contributed by atoms with Crippen molar-refractivity contribution in [3.05, 3.63) is 170 Å². The molecule has 0 saturated heterocycles. The van der Waals surface area contributed by atoms with Crippen molar-refractivity contribution in [1.29, 1.82) is 0 Å². The molecule has 0 aromatic heterocycles. The lowest BCUT2D eigenvalue weighted by molar-refractivity contribution is -0.870. The van der Waals surface area contributed by atoms with Gasteiger partial charge in [0.05, 0.1) is 40.3 Å². The second-order valence-electron chi connectivity index (χ2n) is 24.8. The Balaban J connectivity index is 4.20. The van der Waals surface area contributed by atoms with E-state index in [1.807, 2.05) is 21.1 Å². The Kier molecular flexibility index (Phi) is 66.4. The number of carbonyl (C=O) groups is 3. The maximum Gasteiger partial charge on any atom is 0.306 e. The predicted octanol–water partition coefficient (Wildman–Crippen LogP) is 21.7. The molecule has 0 saturated carbocycles. The summed E-state index contributed by atoms with van der Waals surface area (Å²) < 4.78 is 22.8. The number of nitrogens with zero attached hydrogens (tertiary/aromatic N) is 1. The SMILES string of the molecule is CC/C=C\C/C=C\C/C=C\C/C=C\C/C=C\C/C=C\C/C=C\C/C=C\C/C=C\C/C=C\CCCCCCC(=O)OC(COC(=O)CCCCCCCCCCCCCCCCCCCC/C=C\C/C=C\C/C=C\C/C=C\CC)COC(OCC[N+](C)(C)C)C(=O)[O-]. The number of carboxylic acids is 1. The van der Waals surface area contributed by atoms with E-state index in [9.17, 15) is 19.5 Å². The summed E-state index contributed by atoms with van der Waals surface area (Å²) in [7, 11) is 5.91. The standard InChI is InChI=1S/C82H133NO8/c1-6-8-10-12-14-16-18-20-22-24-26-28-30-32-34-36-38-39-40-41-43-45-47-49-51-53-55-57-59-61-63-65-67-69-71-73-80(85)91-78(77-90-82(81(86)87)88-75-74-83(3,4)5)76-89-79(84)72-70-68-66-64-62-60-58-56-54-52-50-48-46-44-42-37-35-33-31-29-27-25-23-21-19-17-15-13-11-9-7-2/h8-11,14-17,20-23,26-29,32,34,38-39,41,43,47,49,53,55,59,61,78,82H,6-7,12-13,18-19,24-25,30-31,33,35-37,40,42,44-46,48,50-52,54,56-58,60,62-77H2,1-5H3/b10-8-,11-9-,16-14-,17-15-,22-20-,23-21-,28-26-,29-27-,34-32-,39-38-,43-41-,49-47-,55-53-,61-59-. The third-order valence-electron chi connectivity index (χ3n) is 15.0. The maximum absolute atomic E-state index is 12.9. The van der Waals surface area contributed by atoms with E-state index in [2.05, 4.69) is 184 Å². The molecule has 9 heteroatoms. The van der Waals surface area contributed by atoms with Crippen LogP contribution in [-0.4, -0.2) is 82.3 Å². The molecule has 0 aliphatic heterocycles. The van der Waals surface area contributed by atoms with Crippen molar-refractivity contribution in [1.82, 2.24) is 0 Å². The van der Waals surface area contributed by atoms with Crippen LogP contribution in [0, 0.1) is 0 Å². The van der Waals surface area contributed by atoms with Gasteiger partial charge in [0.25, 0.3) is 0 Å². The summed E-state index contributed by atoms with van der Waals surface area (Å²) in [6.07, 6.45) is 103. The van der Waals surface area contributed by atoms with E-state index in [1.54, 1.807) is 0 Å². The smallest absolute Gasteiger partial charge is 0.306 e. The topological polar surface area (TPSA) is 111 Å². The van der Waals surface area contributed by atoms with Crippen LogP contribution in [0.3, 0.4) is 0 Å². The third kappa shape index (κ3) is 71.9. The van der Waals surface area contributed by atoms with Gasteiger partial charge in [-0.1, -0.05) is 300 Å². The van der Waals surface area contributed by atoms with Crippen molar-refractivity contribution >= 4 is 17.9 Å². The number of unbranched alkanes of at least 4 members (excludes halogenated alkanes) is 22. The molecule has 0 rings (SSSR count). The average Bonchev–Trinajstić information content (AvgIpc) is 3.46. The molecule has 0 N–H and O–H groups in total. The minimum Gasteiger partial charge on any atom is -0.545 e. The molecule has 2 unspecified atom stereocenters. The normalized spacial score (nSPS) is 13.7. The van der Waals surface area contributed by atoms with E-state index in [-0.39, 0.29) is 38.6 Å². The van der Waals surface area contributed by atoms with Gasteiger partial charge in [0.1, 0.15) is 13.2 Å². The highest BCUT2D eigenvalue weighted by molar-refractivity contribution is 5.70. The minimum atomic E-state index is -1.64. The second kappa shape index (κ2) is 70.5. The molecular weight excluding hydrogens is 1130 g/mol. The van der Waals surface area contributed by atoms with Crippen LogP contribution >= 0.6 is 0 Å². The first-order valence-electron chi connectivity index (χ1n) is 36.3. The summed E-state index contributed by atoms with van der Waals surface area (Å²) in [6, 6.07) is 0. The summed E-state index contributed by atoms with van der Waals surface area (Å²) >= 11 is 0. The van der Waals surface area contributed by atoms with Crippen molar-refractivity contribution < 1.29 is 42.9 Å². The van der Waals surface area contributed by atoms with Gasteiger partial charge in [0, 0.05) is 12.8 Å². The first kappa shape index (κ1) is 85.7. The number of likely N-dealkylation sites (N-methyl/N-ethyl adjacent to an activating group) is 1. The molecule has 514 valence electrons. The van der Waals surface area contributed by atoms with Crippen LogP contribution in [0.4, 0.5) is 0 Å². The Morgan fingerprint density at radius 2 is 0.593 bits per heavy atom. The third-order valence-corrected chi connectivity index (χ3v) is 15.0. The lowest BCUT2D eigenvalue weighted by Gasteiger charge is -2.26. The lowest BCUT2D eigenvalue weighted by atomic mass is 10.0. The van der Waals surface area contributed by atoms with Crippen LogP contribution in [0.15, 0.2) is 170 Å². The molecule has 0 bridgehead atoms. The molecule has 0 fully saturated rings. The van der Waals surface area contributed by atoms with Crippen LogP contribution in [0.2, 0.25) is 0 Å². The monoisotopic (exact) mass is 1260 g/mol. The van der Waals surface area contributed by atoms with Gasteiger partial charge < -0.3 is 33.3 Å². The molecule has 0 aromatic rings. The number of rotatable bonds is 65. The van der Waals surface area contributed by atoms with Gasteiger partial charge in [-0.15, -0.1) is 0 Å². The highest BCUT2D eigenvalue weighted by Gasteiger charge is 2.22.